The Morgan fingerprint density at radius 2 is 0.824 bits per heavy atom. The van der Waals surface area contributed by atoms with Crippen LogP contribution in [0.5, 0.6) is 11.5 Å². The van der Waals surface area contributed by atoms with Gasteiger partial charge in [-0.15, -0.1) is 0 Å². The Balaban J connectivity index is 1.30. The van der Waals surface area contributed by atoms with Crippen LogP contribution in [0.25, 0.3) is 36.5 Å². The maximum absolute atomic E-state index is 6.21. The van der Waals surface area contributed by atoms with Gasteiger partial charge in [0.05, 0.1) is 13.2 Å². The number of ether oxygens (including phenoxy) is 7. The molecule has 0 aromatic heterocycles. The van der Waals surface area contributed by atoms with Crippen molar-refractivity contribution < 1.29 is 33.2 Å². The van der Waals surface area contributed by atoms with Crippen LogP contribution < -0.4 is 9.47 Å². The third-order valence-electron chi connectivity index (χ3n) is 8.11. The number of hydrogen-bond donors (Lipinski definition) is 0. The summed E-state index contributed by atoms with van der Waals surface area (Å²) in [7, 11) is 0. The zero-order valence-corrected chi connectivity index (χ0v) is 30.2. The van der Waals surface area contributed by atoms with Gasteiger partial charge in [-0.1, -0.05) is 109 Å². The van der Waals surface area contributed by atoms with Gasteiger partial charge in [0, 0.05) is 48.7 Å². The van der Waals surface area contributed by atoms with E-state index in [1.807, 2.05) is 52.0 Å². The maximum atomic E-state index is 6.21. The standard InChI is InChI=1S/C44H50O7/c1-5-46-43(47-6-2)39-21-13-33(14-22-39)9-11-35-17-19-37-25-26-38-20-18-36(32-42(38)51-30-28-45-27-29-50-41(37)31-35)12-10-34-15-23-40(24-16-34)44(48-7-3)49-8-4/h9-26,31-32,43-44H,5-8,27-30H2,1-4H3/b11-9+,12-10+,26-25+. The van der Waals surface area contributed by atoms with Crippen LogP contribution in [0.3, 0.4) is 0 Å². The van der Waals surface area contributed by atoms with Crippen LogP contribution in [-0.2, 0) is 23.7 Å². The molecule has 0 atom stereocenters. The molecule has 0 bridgehead atoms. The maximum Gasteiger partial charge on any atom is 0.183 e. The molecular weight excluding hydrogens is 640 g/mol. The summed E-state index contributed by atoms with van der Waals surface area (Å²) >= 11 is 0. The van der Waals surface area contributed by atoms with Gasteiger partial charge >= 0.3 is 0 Å². The first-order chi connectivity index (χ1) is 25.1. The average Bonchev–Trinajstić information content (AvgIpc) is 3.17. The summed E-state index contributed by atoms with van der Waals surface area (Å²) in [4.78, 5) is 0. The summed E-state index contributed by atoms with van der Waals surface area (Å²) in [6, 6.07) is 29.0. The van der Waals surface area contributed by atoms with Crippen LogP contribution in [0, 0.1) is 0 Å². The van der Waals surface area contributed by atoms with Gasteiger partial charge in [-0.05, 0) is 62.1 Å². The van der Waals surface area contributed by atoms with Crippen molar-refractivity contribution in [3.05, 3.63) is 129 Å². The van der Waals surface area contributed by atoms with Gasteiger partial charge in [-0.25, -0.2) is 0 Å². The summed E-state index contributed by atoms with van der Waals surface area (Å²) in [5.41, 5.74) is 8.20. The number of benzene rings is 4. The lowest BCUT2D eigenvalue weighted by Gasteiger charge is -2.17. The van der Waals surface area contributed by atoms with Gasteiger partial charge < -0.3 is 33.2 Å². The molecule has 268 valence electrons. The molecule has 0 radical (unpaired) electrons. The molecule has 0 amide bonds. The Kier molecular flexibility index (Phi) is 15.1. The largest absolute Gasteiger partial charge is 0.491 e. The minimum atomic E-state index is -0.348. The van der Waals surface area contributed by atoms with Gasteiger partial charge in [0.25, 0.3) is 0 Å². The highest BCUT2D eigenvalue weighted by Gasteiger charge is 2.12. The van der Waals surface area contributed by atoms with Crippen LogP contribution in [0.2, 0.25) is 0 Å². The molecule has 0 fully saturated rings. The predicted molar refractivity (Wildman–Crippen MR) is 206 cm³/mol. The van der Waals surface area contributed by atoms with Crippen LogP contribution in [0.4, 0.5) is 0 Å². The van der Waals surface area contributed by atoms with Crippen molar-refractivity contribution in [3.8, 4) is 11.5 Å². The van der Waals surface area contributed by atoms with Gasteiger partial charge in [0.1, 0.15) is 24.7 Å². The van der Waals surface area contributed by atoms with Crippen molar-refractivity contribution in [2.24, 2.45) is 0 Å². The fourth-order valence-corrected chi connectivity index (χ4v) is 5.54. The molecule has 0 N–H and O–H groups in total. The third kappa shape index (κ3) is 11.5. The van der Waals surface area contributed by atoms with Gasteiger partial charge in [0.2, 0.25) is 0 Å². The van der Waals surface area contributed by atoms with E-state index in [1.165, 1.54) is 0 Å². The zero-order valence-electron chi connectivity index (χ0n) is 30.2. The summed E-state index contributed by atoms with van der Waals surface area (Å²) in [5, 5.41) is 0. The van der Waals surface area contributed by atoms with E-state index in [2.05, 4.69) is 97.1 Å². The molecule has 0 spiro atoms. The molecule has 4 aromatic carbocycles. The van der Waals surface area contributed by atoms with Gasteiger partial charge in [0.15, 0.2) is 12.6 Å². The molecule has 0 saturated carbocycles. The van der Waals surface area contributed by atoms with Crippen LogP contribution in [-0.4, -0.2) is 52.9 Å². The lowest BCUT2D eigenvalue weighted by Crippen LogP contribution is -2.12. The Bertz CT molecular complexity index is 1580. The minimum absolute atomic E-state index is 0.348. The van der Waals surface area contributed by atoms with Crippen LogP contribution >= 0.6 is 0 Å². The molecule has 51 heavy (non-hydrogen) atoms. The minimum Gasteiger partial charge on any atom is -0.491 e. The summed E-state index contributed by atoms with van der Waals surface area (Å²) in [6.07, 6.45) is 11.8. The van der Waals surface area contributed by atoms with Crippen LogP contribution in [0.1, 0.15) is 84.8 Å². The lowest BCUT2D eigenvalue weighted by molar-refractivity contribution is -0.140. The highest BCUT2D eigenvalue weighted by atomic mass is 16.7. The normalized spacial score (nSPS) is 14.4. The second-order valence-electron chi connectivity index (χ2n) is 11.7. The molecule has 1 aliphatic rings. The number of hydrogen-bond acceptors (Lipinski definition) is 7. The Morgan fingerprint density at radius 3 is 1.20 bits per heavy atom. The number of fused-ring (bicyclic) bond motifs is 2. The van der Waals surface area contributed by atoms with Gasteiger partial charge in [-0.3, -0.25) is 0 Å². The molecule has 4 aromatic rings. The molecule has 7 heteroatoms. The van der Waals surface area contributed by atoms with E-state index < -0.39 is 0 Å². The summed E-state index contributed by atoms with van der Waals surface area (Å²) in [6.45, 7) is 12.1. The second-order valence-corrected chi connectivity index (χ2v) is 11.7. The van der Waals surface area contributed by atoms with E-state index >= 15 is 0 Å². The van der Waals surface area contributed by atoms with Crippen molar-refractivity contribution >= 4 is 36.5 Å². The molecule has 1 aliphatic heterocycles. The third-order valence-corrected chi connectivity index (χ3v) is 8.11. The quantitative estimate of drug-likeness (QED) is 0.0964. The van der Waals surface area contributed by atoms with Crippen molar-refractivity contribution in [2.75, 3.05) is 52.9 Å². The van der Waals surface area contributed by atoms with E-state index in [0.29, 0.717) is 52.9 Å². The topological polar surface area (TPSA) is 64.6 Å². The van der Waals surface area contributed by atoms with E-state index in [1.54, 1.807) is 0 Å². The fraction of sp³-hybridized carbons (Fsp3) is 0.318. The average molecular weight is 691 g/mol. The molecule has 7 nitrogen and oxygen atoms in total. The molecular formula is C44H50O7. The van der Waals surface area contributed by atoms with Crippen molar-refractivity contribution in [1.29, 1.82) is 0 Å². The van der Waals surface area contributed by atoms with E-state index in [0.717, 1.165) is 56.0 Å². The monoisotopic (exact) mass is 690 g/mol. The highest BCUT2D eigenvalue weighted by molar-refractivity contribution is 5.79. The SMILES string of the molecule is CCOC(OCC)c1ccc(/C=C/c2ccc3c(c2)OCCOCCOc2cc(/C=C/c4ccc(C(OCC)OCC)cc4)ccc2/C=C/3)cc1. The first-order valence-electron chi connectivity index (χ1n) is 17.9. The number of rotatable bonds is 14. The Labute approximate surface area is 303 Å². The molecule has 0 unspecified atom stereocenters. The lowest BCUT2D eigenvalue weighted by atomic mass is 10.0. The van der Waals surface area contributed by atoms with Crippen LogP contribution in [0.15, 0.2) is 84.9 Å². The van der Waals surface area contributed by atoms with Crippen molar-refractivity contribution in [2.45, 2.75) is 40.3 Å². The smallest absolute Gasteiger partial charge is 0.183 e. The first kappa shape index (κ1) is 37.7. The Hall–Kier alpha value is -4.50. The summed E-state index contributed by atoms with van der Waals surface area (Å²) < 4.78 is 41.2. The van der Waals surface area contributed by atoms with Crippen molar-refractivity contribution in [1.82, 2.24) is 0 Å². The highest BCUT2D eigenvalue weighted by Crippen LogP contribution is 2.29. The molecule has 5 rings (SSSR count). The fourth-order valence-electron chi connectivity index (χ4n) is 5.54. The summed E-state index contributed by atoms with van der Waals surface area (Å²) in [5.74, 6) is 1.59. The zero-order chi connectivity index (χ0) is 35.7. The molecule has 1 heterocycles. The Morgan fingerprint density at radius 1 is 0.471 bits per heavy atom. The molecule has 0 aliphatic carbocycles. The van der Waals surface area contributed by atoms with E-state index in [9.17, 15) is 0 Å². The van der Waals surface area contributed by atoms with E-state index in [4.69, 9.17) is 33.2 Å². The van der Waals surface area contributed by atoms with Crippen molar-refractivity contribution in [3.63, 3.8) is 0 Å². The first-order valence-corrected chi connectivity index (χ1v) is 17.9. The van der Waals surface area contributed by atoms with Gasteiger partial charge in [-0.2, -0.15) is 0 Å². The predicted octanol–water partition coefficient (Wildman–Crippen LogP) is 10.1. The molecule has 0 saturated heterocycles. The van der Waals surface area contributed by atoms with E-state index in [-0.39, 0.29) is 12.6 Å². The second kappa shape index (κ2) is 20.4.